The molecular formula is C20H32N4O2S. The van der Waals surface area contributed by atoms with Gasteiger partial charge in [0.05, 0.1) is 6.54 Å². The molecule has 0 spiro atoms. The molecule has 0 atom stereocenters. The Bertz CT molecular complexity index is 625. The monoisotopic (exact) mass is 392 g/mol. The highest BCUT2D eigenvalue weighted by atomic mass is 32.2. The number of ether oxygens (including phenoxy) is 1. The van der Waals surface area contributed by atoms with Crippen molar-refractivity contribution in [1.29, 1.82) is 0 Å². The summed E-state index contributed by atoms with van der Waals surface area (Å²) < 4.78 is 5.72. The SMILES string of the molecule is CCNC(=NCc1ccc(C(=O)N(C)C)cc1)NCC1(SC)CCOCC1. The maximum Gasteiger partial charge on any atom is 0.253 e. The second kappa shape index (κ2) is 10.6. The zero-order chi connectivity index (χ0) is 19.7. The number of rotatable bonds is 7. The Kier molecular flexibility index (Phi) is 8.44. The highest BCUT2D eigenvalue weighted by Gasteiger charge is 2.31. The lowest BCUT2D eigenvalue weighted by atomic mass is 9.99. The molecule has 27 heavy (non-hydrogen) atoms. The van der Waals surface area contributed by atoms with E-state index in [1.165, 1.54) is 0 Å². The summed E-state index contributed by atoms with van der Waals surface area (Å²) in [4.78, 5) is 18.3. The molecule has 6 nitrogen and oxygen atoms in total. The largest absolute Gasteiger partial charge is 0.381 e. The number of amides is 1. The molecule has 0 unspecified atom stereocenters. The van der Waals surface area contributed by atoms with E-state index in [2.05, 4.69) is 23.8 Å². The van der Waals surface area contributed by atoms with Crippen LogP contribution in [0.3, 0.4) is 0 Å². The van der Waals surface area contributed by atoms with Gasteiger partial charge in [0, 0.05) is 50.7 Å². The van der Waals surface area contributed by atoms with E-state index in [1.807, 2.05) is 36.0 Å². The first-order valence-corrected chi connectivity index (χ1v) is 10.7. The van der Waals surface area contributed by atoms with Crippen LogP contribution in [-0.4, -0.2) is 68.2 Å². The minimum Gasteiger partial charge on any atom is -0.381 e. The second-order valence-corrected chi connectivity index (χ2v) is 8.22. The summed E-state index contributed by atoms with van der Waals surface area (Å²) >= 11 is 1.91. The van der Waals surface area contributed by atoms with Gasteiger partial charge in [0.25, 0.3) is 5.91 Å². The fourth-order valence-electron chi connectivity index (χ4n) is 2.96. The molecule has 2 N–H and O–H groups in total. The van der Waals surface area contributed by atoms with E-state index in [4.69, 9.17) is 9.73 Å². The van der Waals surface area contributed by atoms with Crippen LogP contribution in [0.1, 0.15) is 35.7 Å². The molecule has 1 fully saturated rings. The van der Waals surface area contributed by atoms with Gasteiger partial charge in [-0.1, -0.05) is 12.1 Å². The Morgan fingerprint density at radius 3 is 2.44 bits per heavy atom. The Balaban J connectivity index is 1.97. The molecule has 1 aromatic carbocycles. The summed E-state index contributed by atoms with van der Waals surface area (Å²) in [5.74, 6) is 0.838. The van der Waals surface area contributed by atoms with Gasteiger partial charge in [-0.05, 0) is 43.7 Å². The van der Waals surface area contributed by atoms with Gasteiger partial charge in [-0.3, -0.25) is 4.79 Å². The third-order valence-electron chi connectivity index (χ3n) is 4.79. The van der Waals surface area contributed by atoms with Crippen molar-refractivity contribution in [2.24, 2.45) is 4.99 Å². The molecule has 1 aliphatic heterocycles. The molecule has 0 radical (unpaired) electrons. The number of thioether (sulfide) groups is 1. The standard InChI is InChI=1S/C20H32N4O2S/c1-5-21-19(23-15-20(27-4)10-12-26-13-11-20)22-14-16-6-8-17(9-7-16)18(25)24(2)3/h6-9H,5,10-15H2,1-4H3,(H2,21,22,23). The van der Waals surface area contributed by atoms with Crippen molar-refractivity contribution < 1.29 is 9.53 Å². The minimum atomic E-state index is 0.0129. The zero-order valence-electron chi connectivity index (χ0n) is 16.9. The van der Waals surface area contributed by atoms with E-state index in [9.17, 15) is 4.79 Å². The van der Waals surface area contributed by atoms with E-state index in [-0.39, 0.29) is 10.7 Å². The third kappa shape index (κ3) is 6.43. The molecule has 0 aliphatic carbocycles. The van der Waals surface area contributed by atoms with Gasteiger partial charge >= 0.3 is 0 Å². The number of aliphatic imine (C=N–C) groups is 1. The molecule has 7 heteroatoms. The number of benzene rings is 1. The molecule has 2 rings (SSSR count). The molecule has 1 aliphatic rings. The van der Waals surface area contributed by atoms with Crippen LogP contribution in [-0.2, 0) is 11.3 Å². The van der Waals surface area contributed by atoms with Gasteiger partial charge in [0.2, 0.25) is 0 Å². The van der Waals surface area contributed by atoms with Gasteiger partial charge in [-0.25, -0.2) is 4.99 Å². The Labute approximate surface area is 167 Å². The molecule has 1 amide bonds. The summed E-state index contributed by atoms with van der Waals surface area (Å²) in [5.41, 5.74) is 1.77. The predicted molar refractivity (Wildman–Crippen MR) is 114 cm³/mol. The van der Waals surface area contributed by atoms with Crippen LogP contribution in [0, 0.1) is 0 Å². The number of nitrogens with zero attached hydrogens (tertiary/aromatic N) is 2. The Morgan fingerprint density at radius 1 is 1.22 bits per heavy atom. The number of guanidine groups is 1. The number of hydrogen-bond donors (Lipinski definition) is 2. The van der Waals surface area contributed by atoms with Crippen LogP contribution in [0.25, 0.3) is 0 Å². The molecule has 1 aromatic rings. The average molecular weight is 393 g/mol. The van der Waals surface area contributed by atoms with Crippen LogP contribution in [0.5, 0.6) is 0 Å². The molecule has 1 saturated heterocycles. The van der Waals surface area contributed by atoms with Crippen molar-refractivity contribution in [3.8, 4) is 0 Å². The molecular weight excluding hydrogens is 360 g/mol. The number of hydrogen-bond acceptors (Lipinski definition) is 4. The summed E-state index contributed by atoms with van der Waals surface area (Å²) in [5, 5.41) is 6.81. The van der Waals surface area contributed by atoms with Crippen molar-refractivity contribution in [1.82, 2.24) is 15.5 Å². The van der Waals surface area contributed by atoms with Gasteiger partial charge in [0.15, 0.2) is 5.96 Å². The van der Waals surface area contributed by atoms with E-state index >= 15 is 0 Å². The van der Waals surface area contributed by atoms with Crippen molar-refractivity contribution in [3.05, 3.63) is 35.4 Å². The zero-order valence-corrected chi connectivity index (χ0v) is 17.7. The summed E-state index contributed by atoms with van der Waals surface area (Å²) in [7, 11) is 3.52. The fraction of sp³-hybridized carbons (Fsp3) is 0.600. The first-order chi connectivity index (χ1) is 13.0. The Morgan fingerprint density at radius 2 is 1.89 bits per heavy atom. The third-order valence-corrected chi connectivity index (χ3v) is 6.20. The van der Waals surface area contributed by atoms with Gasteiger partial charge < -0.3 is 20.3 Å². The smallest absolute Gasteiger partial charge is 0.253 e. The van der Waals surface area contributed by atoms with Crippen molar-refractivity contribution in [2.75, 3.05) is 46.7 Å². The molecule has 0 bridgehead atoms. The van der Waals surface area contributed by atoms with Gasteiger partial charge in [0.1, 0.15) is 0 Å². The number of carbonyl (C=O) groups excluding carboxylic acids is 1. The van der Waals surface area contributed by atoms with Crippen molar-refractivity contribution >= 4 is 23.6 Å². The first kappa shape index (κ1) is 21.6. The van der Waals surface area contributed by atoms with Crippen molar-refractivity contribution in [3.63, 3.8) is 0 Å². The lowest BCUT2D eigenvalue weighted by molar-refractivity contribution is 0.0782. The number of carbonyl (C=O) groups is 1. The van der Waals surface area contributed by atoms with E-state index < -0.39 is 0 Å². The molecule has 150 valence electrons. The highest BCUT2D eigenvalue weighted by Crippen LogP contribution is 2.32. The van der Waals surface area contributed by atoms with Gasteiger partial charge in [-0.2, -0.15) is 11.8 Å². The lowest BCUT2D eigenvalue weighted by Gasteiger charge is -2.36. The van der Waals surface area contributed by atoms with Crippen LogP contribution in [0.15, 0.2) is 29.3 Å². The van der Waals surface area contributed by atoms with Gasteiger partial charge in [-0.15, -0.1) is 0 Å². The van der Waals surface area contributed by atoms with Crippen LogP contribution < -0.4 is 10.6 Å². The maximum atomic E-state index is 12.0. The maximum absolute atomic E-state index is 12.0. The normalized spacial score (nSPS) is 16.7. The van der Waals surface area contributed by atoms with Crippen LogP contribution in [0.4, 0.5) is 0 Å². The summed E-state index contributed by atoms with van der Waals surface area (Å²) in [6.07, 6.45) is 4.29. The van der Waals surface area contributed by atoms with E-state index in [0.717, 1.165) is 50.7 Å². The van der Waals surface area contributed by atoms with E-state index in [1.54, 1.807) is 19.0 Å². The quantitative estimate of drug-likeness (QED) is 0.551. The molecule has 0 saturated carbocycles. The van der Waals surface area contributed by atoms with Crippen molar-refractivity contribution in [2.45, 2.75) is 31.1 Å². The van der Waals surface area contributed by atoms with Crippen LogP contribution >= 0.6 is 11.8 Å². The average Bonchev–Trinajstić information content (AvgIpc) is 2.70. The second-order valence-electron chi connectivity index (χ2n) is 6.94. The molecule has 0 aromatic heterocycles. The Hall–Kier alpha value is -1.73. The topological polar surface area (TPSA) is 66.0 Å². The van der Waals surface area contributed by atoms with E-state index in [0.29, 0.717) is 12.1 Å². The summed E-state index contributed by atoms with van der Waals surface area (Å²) in [6, 6.07) is 7.65. The summed E-state index contributed by atoms with van der Waals surface area (Å²) in [6.45, 7) is 5.98. The first-order valence-electron chi connectivity index (χ1n) is 9.45. The lowest BCUT2D eigenvalue weighted by Crippen LogP contribution is -2.47. The fourth-order valence-corrected chi connectivity index (χ4v) is 3.76. The highest BCUT2D eigenvalue weighted by molar-refractivity contribution is 8.00. The predicted octanol–water partition coefficient (Wildman–Crippen LogP) is 2.36. The molecule has 1 heterocycles. The van der Waals surface area contributed by atoms with Crippen LogP contribution in [0.2, 0.25) is 0 Å². The number of nitrogens with one attached hydrogen (secondary N) is 2. The minimum absolute atomic E-state index is 0.0129.